The van der Waals surface area contributed by atoms with Gasteiger partial charge in [0.05, 0.1) is 30.7 Å². The minimum Gasteiger partial charge on any atom is -0.293 e. The standard InChI is InChI=1S/C13H23NO5S/c1-4-17-20(18-5-2,19-6-3)11-7-10-14-12(15)8-9-13(14)16/h8-9H,4-7,10-11H2,1-3H3. The lowest BCUT2D eigenvalue weighted by Gasteiger charge is -2.37. The van der Waals surface area contributed by atoms with Crippen LogP contribution in [-0.2, 0) is 22.1 Å². The zero-order valence-corrected chi connectivity index (χ0v) is 13.1. The number of carbonyl (C=O) groups is 2. The van der Waals surface area contributed by atoms with Crippen molar-refractivity contribution in [3.63, 3.8) is 0 Å². The van der Waals surface area contributed by atoms with Crippen molar-refractivity contribution in [3.05, 3.63) is 12.2 Å². The Morgan fingerprint density at radius 1 is 0.950 bits per heavy atom. The summed E-state index contributed by atoms with van der Waals surface area (Å²) in [5.41, 5.74) is 0. The van der Waals surface area contributed by atoms with Gasteiger partial charge in [0.2, 0.25) is 0 Å². The second kappa shape index (κ2) is 8.41. The van der Waals surface area contributed by atoms with E-state index in [2.05, 4.69) is 0 Å². The van der Waals surface area contributed by atoms with Crippen LogP contribution in [0.5, 0.6) is 0 Å². The van der Waals surface area contributed by atoms with Gasteiger partial charge in [-0.2, -0.15) is 0 Å². The predicted octanol–water partition coefficient (Wildman–Crippen LogP) is 1.96. The molecule has 0 radical (unpaired) electrons. The van der Waals surface area contributed by atoms with Gasteiger partial charge in [0, 0.05) is 24.4 Å². The van der Waals surface area contributed by atoms with Crippen molar-refractivity contribution in [1.29, 1.82) is 0 Å². The SMILES string of the molecule is CCOS(CCCN1C(=O)C=CC1=O)(OCC)OCC. The topological polar surface area (TPSA) is 65.1 Å². The van der Waals surface area contributed by atoms with Crippen LogP contribution in [0.15, 0.2) is 12.2 Å². The first-order valence-electron chi connectivity index (χ1n) is 6.86. The molecular weight excluding hydrogens is 282 g/mol. The molecule has 1 aliphatic heterocycles. The van der Waals surface area contributed by atoms with Gasteiger partial charge >= 0.3 is 0 Å². The van der Waals surface area contributed by atoms with Crippen molar-refractivity contribution in [2.75, 3.05) is 32.1 Å². The van der Waals surface area contributed by atoms with E-state index in [4.69, 9.17) is 12.5 Å². The van der Waals surface area contributed by atoms with E-state index in [0.29, 0.717) is 38.5 Å². The molecule has 6 nitrogen and oxygen atoms in total. The Balaban J connectivity index is 2.53. The van der Waals surface area contributed by atoms with Crippen LogP contribution in [0.25, 0.3) is 0 Å². The molecule has 0 spiro atoms. The fourth-order valence-electron chi connectivity index (χ4n) is 1.87. The average Bonchev–Trinajstić information content (AvgIpc) is 2.71. The molecule has 0 aromatic rings. The second-order valence-electron chi connectivity index (χ2n) is 4.00. The largest absolute Gasteiger partial charge is 0.293 e. The maximum Gasteiger partial charge on any atom is 0.253 e. The van der Waals surface area contributed by atoms with Gasteiger partial charge < -0.3 is 0 Å². The zero-order chi connectivity index (χ0) is 15.0. The Bertz CT molecular complexity index is 337. The van der Waals surface area contributed by atoms with Crippen LogP contribution < -0.4 is 0 Å². The van der Waals surface area contributed by atoms with Crippen LogP contribution in [0.3, 0.4) is 0 Å². The van der Waals surface area contributed by atoms with Crippen molar-refractivity contribution in [1.82, 2.24) is 4.90 Å². The summed E-state index contributed by atoms with van der Waals surface area (Å²) in [7, 11) is -2.04. The van der Waals surface area contributed by atoms with Gasteiger partial charge in [-0.25, -0.2) is 0 Å². The van der Waals surface area contributed by atoms with E-state index in [1.165, 1.54) is 17.1 Å². The third-order valence-corrected chi connectivity index (χ3v) is 5.14. The van der Waals surface area contributed by atoms with Gasteiger partial charge in [0.25, 0.3) is 11.8 Å². The number of amides is 2. The van der Waals surface area contributed by atoms with Crippen molar-refractivity contribution in [2.24, 2.45) is 0 Å². The molecule has 116 valence electrons. The smallest absolute Gasteiger partial charge is 0.253 e. The van der Waals surface area contributed by atoms with E-state index < -0.39 is 10.9 Å². The first-order valence-corrected chi connectivity index (χ1v) is 8.44. The molecule has 2 amide bonds. The normalized spacial score (nSPS) is 16.2. The molecule has 0 aromatic carbocycles. The number of hydrogen-bond donors (Lipinski definition) is 0. The molecule has 0 atom stereocenters. The lowest BCUT2D eigenvalue weighted by atomic mass is 10.4. The highest BCUT2D eigenvalue weighted by molar-refractivity contribution is 8.21. The summed E-state index contributed by atoms with van der Waals surface area (Å²) in [4.78, 5) is 24.1. The third kappa shape index (κ3) is 4.59. The van der Waals surface area contributed by atoms with Crippen molar-refractivity contribution in [3.8, 4) is 0 Å². The molecule has 0 saturated heterocycles. The molecule has 0 saturated carbocycles. The molecule has 0 bridgehead atoms. The second-order valence-corrected chi connectivity index (χ2v) is 6.23. The number of rotatable bonds is 10. The summed E-state index contributed by atoms with van der Waals surface area (Å²) in [5, 5.41) is 0. The monoisotopic (exact) mass is 305 g/mol. The molecule has 0 fully saturated rings. The highest BCUT2D eigenvalue weighted by atomic mass is 32.3. The van der Waals surface area contributed by atoms with E-state index in [1.54, 1.807) is 0 Å². The molecule has 0 unspecified atom stereocenters. The van der Waals surface area contributed by atoms with Gasteiger partial charge in [-0.3, -0.25) is 27.0 Å². The summed E-state index contributed by atoms with van der Waals surface area (Å²) >= 11 is 0. The Morgan fingerprint density at radius 3 is 1.80 bits per heavy atom. The molecular formula is C13H23NO5S. The molecule has 7 heteroatoms. The van der Waals surface area contributed by atoms with Crippen LogP contribution >= 0.6 is 10.9 Å². The number of carbonyl (C=O) groups excluding carboxylic acids is 2. The van der Waals surface area contributed by atoms with Gasteiger partial charge in [0.1, 0.15) is 0 Å². The van der Waals surface area contributed by atoms with E-state index in [9.17, 15) is 9.59 Å². The first-order chi connectivity index (χ1) is 9.58. The molecule has 1 aliphatic rings. The Labute approximate surface area is 122 Å². The van der Waals surface area contributed by atoms with Gasteiger partial charge in [-0.1, -0.05) is 0 Å². The average molecular weight is 305 g/mol. The van der Waals surface area contributed by atoms with Crippen molar-refractivity contribution in [2.45, 2.75) is 27.2 Å². The molecule has 1 rings (SSSR count). The molecule has 1 heterocycles. The van der Waals surface area contributed by atoms with E-state index >= 15 is 0 Å². The van der Waals surface area contributed by atoms with Gasteiger partial charge in [-0.05, 0) is 27.2 Å². The maximum atomic E-state index is 11.4. The fraction of sp³-hybridized carbons (Fsp3) is 0.692. The number of hydrogen-bond acceptors (Lipinski definition) is 5. The summed E-state index contributed by atoms with van der Waals surface area (Å²) in [6.45, 7) is 7.51. The first kappa shape index (κ1) is 17.2. The summed E-state index contributed by atoms with van der Waals surface area (Å²) in [6, 6.07) is 0. The van der Waals surface area contributed by atoms with Crippen LogP contribution in [0, 0.1) is 0 Å². The van der Waals surface area contributed by atoms with Crippen LogP contribution in [-0.4, -0.2) is 48.8 Å². The molecule has 0 aromatic heterocycles. The van der Waals surface area contributed by atoms with Gasteiger partial charge in [0.15, 0.2) is 0 Å². The number of imide groups is 1. The summed E-state index contributed by atoms with van der Waals surface area (Å²) in [5.74, 6) is 0.0132. The maximum absolute atomic E-state index is 11.4. The highest BCUT2D eigenvalue weighted by Gasteiger charge is 2.28. The number of nitrogens with zero attached hydrogens (tertiary/aromatic N) is 1. The van der Waals surface area contributed by atoms with Gasteiger partial charge in [-0.15, -0.1) is 0 Å². The summed E-state index contributed by atoms with van der Waals surface area (Å²) in [6.07, 6.45) is 3.17. The minimum atomic E-state index is -2.04. The van der Waals surface area contributed by atoms with E-state index in [1.807, 2.05) is 20.8 Å². The van der Waals surface area contributed by atoms with Crippen LogP contribution in [0.4, 0.5) is 0 Å². The third-order valence-electron chi connectivity index (χ3n) is 2.57. The lowest BCUT2D eigenvalue weighted by molar-refractivity contribution is -0.136. The quantitative estimate of drug-likeness (QED) is 0.577. The molecule has 20 heavy (non-hydrogen) atoms. The lowest BCUT2D eigenvalue weighted by Crippen LogP contribution is -2.32. The Morgan fingerprint density at radius 2 is 1.40 bits per heavy atom. The zero-order valence-electron chi connectivity index (χ0n) is 12.3. The molecule has 0 aliphatic carbocycles. The van der Waals surface area contributed by atoms with E-state index in [-0.39, 0.29) is 11.8 Å². The highest BCUT2D eigenvalue weighted by Crippen LogP contribution is 2.51. The van der Waals surface area contributed by atoms with E-state index in [0.717, 1.165) is 0 Å². The molecule has 0 N–H and O–H groups in total. The fourth-order valence-corrected chi connectivity index (χ4v) is 3.99. The minimum absolute atomic E-state index is 0.264. The Hall–Kier alpha value is -0.890. The Kier molecular flexibility index (Phi) is 7.22. The summed E-state index contributed by atoms with van der Waals surface area (Å²) < 4.78 is 17.0. The predicted molar refractivity (Wildman–Crippen MR) is 77.8 cm³/mol. The van der Waals surface area contributed by atoms with Crippen LogP contribution in [0.1, 0.15) is 27.2 Å². The van der Waals surface area contributed by atoms with Crippen molar-refractivity contribution >= 4 is 22.7 Å². The van der Waals surface area contributed by atoms with Crippen LogP contribution in [0.2, 0.25) is 0 Å². The van der Waals surface area contributed by atoms with Crippen molar-refractivity contribution < 1.29 is 22.1 Å².